The fraction of sp³-hybridized carbons (Fsp3) is 0.389. The molecule has 1 saturated heterocycles. The quantitative estimate of drug-likeness (QED) is 0.477. The van der Waals surface area contributed by atoms with E-state index >= 15 is 0 Å². The number of para-hydroxylation sites is 1. The van der Waals surface area contributed by atoms with Crippen LogP contribution in [0.25, 0.3) is 0 Å². The molecule has 0 unspecified atom stereocenters. The summed E-state index contributed by atoms with van der Waals surface area (Å²) in [5, 5.41) is 0. The minimum atomic E-state index is -0.544. The van der Waals surface area contributed by atoms with Gasteiger partial charge < -0.3 is 4.74 Å². The normalized spacial score (nSPS) is 31.4. The molecule has 5 nitrogen and oxygen atoms in total. The summed E-state index contributed by atoms with van der Waals surface area (Å²) in [4.78, 5) is 39.0. The lowest BCUT2D eigenvalue weighted by Gasteiger charge is -2.38. The number of esters is 1. The van der Waals surface area contributed by atoms with Gasteiger partial charge >= 0.3 is 5.97 Å². The molecule has 0 N–H and O–H groups in total. The van der Waals surface area contributed by atoms with Gasteiger partial charge in [0.25, 0.3) is 0 Å². The van der Waals surface area contributed by atoms with Crippen LogP contribution in [0.4, 0.5) is 5.69 Å². The maximum atomic E-state index is 12.9. The van der Waals surface area contributed by atoms with E-state index in [-0.39, 0.29) is 41.0 Å². The van der Waals surface area contributed by atoms with Crippen LogP contribution in [0.15, 0.2) is 36.4 Å². The number of ether oxygens (including phenoxy) is 1. The van der Waals surface area contributed by atoms with Gasteiger partial charge in [-0.1, -0.05) is 24.3 Å². The minimum Gasteiger partial charge on any atom is -0.465 e. The Morgan fingerprint density at radius 3 is 2.13 bits per heavy atom. The largest absolute Gasteiger partial charge is 0.465 e. The second-order valence-corrected chi connectivity index (χ2v) is 6.36. The van der Waals surface area contributed by atoms with Crippen molar-refractivity contribution in [3.05, 3.63) is 42.0 Å². The van der Waals surface area contributed by atoms with E-state index in [2.05, 4.69) is 12.2 Å². The first-order valence-corrected chi connectivity index (χ1v) is 7.87. The number of benzene rings is 1. The zero-order valence-corrected chi connectivity index (χ0v) is 12.8. The van der Waals surface area contributed by atoms with Crippen molar-refractivity contribution >= 4 is 23.5 Å². The van der Waals surface area contributed by atoms with E-state index in [0.29, 0.717) is 5.69 Å². The summed E-state index contributed by atoms with van der Waals surface area (Å²) in [6.07, 6.45) is 6.06. The number of hydrogen-bond donors (Lipinski definition) is 0. The fourth-order valence-corrected chi connectivity index (χ4v) is 4.26. The van der Waals surface area contributed by atoms with Gasteiger partial charge in [0.15, 0.2) is 0 Å². The van der Waals surface area contributed by atoms with E-state index in [9.17, 15) is 14.4 Å². The first-order valence-electron chi connectivity index (χ1n) is 7.87. The maximum absolute atomic E-state index is 12.9. The number of rotatable bonds is 2. The summed E-state index contributed by atoms with van der Waals surface area (Å²) in [5.74, 6) is -1.20. The summed E-state index contributed by atoms with van der Waals surface area (Å²) >= 11 is 0. The molecule has 4 atom stereocenters. The van der Waals surface area contributed by atoms with Crippen molar-refractivity contribution in [1.29, 1.82) is 0 Å². The van der Waals surface area contributed by atoms with Gasteiger partial charge in [-0.15, -0.1) is 0 Å². The van der Waals surface area contributed by atoms with Gasteiger partial charge in [0.05, 0.1) is 30.2 Å². The Hall–Kier alpha value is -2.43. The van der Waals surface area contributed by atoms with Crippen LogP contribution in [-0.2, 0) is 14.3 Å². The SMILES string of the molecule is COC(=O)c1ccccc1N1C(=O)[C@@H]2[C@H](C1=O)[C@@H]1C=C[C@@H]2CC1. The molecule has 5 rings (SSSR count). The minimum absolute atomic E-state index is 0.136. The van der Waals surface area contributed by atoms with Crippen LogP contribution in [0.2, 0.25) is 0 Å². The highest BCUT2D eigenvalue weighted by atomic mass is 16.5. The summed E-state index contributed by atoms with van der Waals surface area (Å²) in [7, 11) is 1.29. The fourth-order valence-electron chi connectivity index (χ4n) is 4.26. The molecular formula is C18H17NO4. The van der Waals surface area contributed by atoms with Gasteiger partial charge in [-0.3, -0.25) is 9.59 Å². The molecular weight excluding hydrogens is 294 g/mol. The third kappa shape index (κ3) is 1.89. The van der Waals surface area contributed by atoms with E-state index in [0.717, 1.165) is 12.8 Å². The van der Waals surface area contributed by atoms with Gasteiger partial charge in [0, 0.05) is 0 Å². The van der Waals surface area contributed by atoms with Crippen molar-refractivity contribution < 1.29 is 19.1 Å². The Balaban J connectivity index is 1.79. The molecule has 0 aromatic heterocycles. The average Bonchev–Trinajstić information content (AvgIpc) is 2.88. The second kappa shape index (κ2) is 5.05. The molecule has 1 heterocycles. The molecule has 1 aromatic rings. The summed E-state index contributed by atoms with van der Waals surface area (Å²) in [5.41, 5.74) is 0.582. The number of fused-ring (bicyclic) bond motifs is 1. The Kier molecular flexibility index (Phi) is 3.11. The number of hydrogen-bond acceptors (Lipinski definition) is 4. The van der Waals surface area contributed by atoms with Gasteiger partial charge in [0.2, 0.25) is 11.8 Å². The van der Waals surface area contributed by atoms with Gasteiger partial charge in [-0.25, -0.2) is 9.69 Å². The van der Waals surface area contributed by atoms with E-state index in [1.165, 1.54) is 12.0 Å². The first-order chi connectivity index (χ1) is 11.1. The number of allylic oxidation sites excluding steroid dienone is 2. The zero-order chi connectivity index (χ0) is 16.1. The van der Waals surface area contributed by atoms with E-state index in [4.69, 9.17) is 4.74 Å². The van der Waals surface area contributed by atoms with Crippen LogP contribution in [0.3, 0.4) is 0 Å². The molecule has 5 heteroatoms. The smallest absolute Gasteiger partial charge is 0.339 e. The molecule has 2 amide bonds. The molecule has 0 spiro atoms. The van der Waals surface area contributed by atoms with Crippen molar-refractivity contribution in [2.45, 2.75) is 12.8 Å². The number of amides is 2. The van der Waals surface area contributed by atoms with Crippen LogP contribution in [0.1, 0.15) is 23.2 Å². The Morgan fingerprint density at radius 2 is 1.61 bits per heavy atom. The molecule has 1 saturated carbocycles. The monoisotopic (exact) mass is 311 g/mol. The summed E-state index contributed by atoms with van der Waals surface area (Å²) in [6, 6.07) is 6.63. The molecule has 23 heavy (non-hydrogen) atoms. The van der Waals surface area contributed by atoms with E-state index in [1.54, 1.807) is 24.3 Å². The zero-order valence-electron chi connectivity index (χ0n) is 12.8. The van der Waals surface area contributed by atoms with Crippen LogP contribution in [0.5, 0.6) is 0 Å². The highest BCUT2D eigenvalue weighted by molar-refractivity contribution is 6.24. The lowest BCUT2D eigenvalue weighted by molar-refractivity contribution is -0.124. The van der Waals surface area contributed by atoms with Crippen molar-refractivity contribution in [3.8, 4) is 0 Å². The number of methoxy groups -OCH3 is 1. The number of carbonyl (C=O) groups excluding carboxylic acids is 3. The Morgan fingerprint density at radius 1 is 1.04 bits per heavy atom. The van der Waals surface area contributed by atoms with E-state index in [1.807, 2.05) is 0 Å². The third-order valence-corrected chi connectivity index (χ3v) is 5.31. The number of nitrogens with zero attached hydrogens (tertiary/aromatic N) is 1. The van der Waals surface area contributed by atoms with Crippen molar-refractivity contribution in [2.75, 3.05) is 12.0 Å². The van der Waals surface area contributed by atoms with Crippen molar-refractivity contribution in [1.82, 2.24) is 0 Å². The predicted molar refractivity (Wildman–Crippen MR) is 82.6 cm³/mol. The van der Waals surface area contributed by atoms with Crippen molar-refractivity contribution in [3.63, 3.8) is 0 Å². The summed E-state index contributed by atoms with van der Waals surface area (Å²) in [6.45, 7) is 0. The number of anilines is 1. The molecule has 2 fully saturated rings. The highest BCUT2D eigenvalue weighted by Crippen LogP contribution is 2.50. The van der Waals surface area contributed by atoms with Crippen LogP contribution in [-0.4, -0.2) is 24.9 Å². The lowest BCUT2D eigenvalue weighted by Crippen LogP contribution is -2.38. The standard InChI is InChI=1S/C18H17NO4/c1-23-18(22)12-4-2-3-5-13(12)19-16(20)14-10-6-7-11(9-8-10)15(14)17(19)21/h2-7,10-11,14-15H,8-9H2,1H3/t10-,11-,14-,15+/m1/s1. The lowest BCUT2D eigenvalue weighted by atomic mass is 9.63. The first kappa shape index (κ1) is 14.2. The topological polar surface area (TPSA) is 63.7 Å². The maximum Gasteiger partial charge on any atom is 0.339 e. The molecule has 4 aliphatic rings. The van der Waals surface area contributed by atoms with Gasteiger partial charge in [-0.2, -0.15) is 0 Å². The molecule has 3 aliphatic carbocycles. The Labute approximate surface area is 133 Å². The van der Waals surface area contributed by atoms with Crippen LogP contribution < -0.4 is 4.90 Å². The van der Waals surface area contributed by atoms with Crippen LogP contribution >= 0.6 is 0 Å². The van der Waals surface area contributed by atoms with Gasteiger partial charge in [-0.05, 0) is 36.8 Å². The molecule has 1 aliphatic heterocycles. The van der Waals surface area contributed by atoms with Crippen molar-refractivity contribution in [2.24, 2.45) is 23.7 Å². The third-order valence-electron chi connectivity index (χ3n) is 5.31. The van der Waals surface area contributed by atoms with Crippen LogP contribution in [0, 0.1) is 23.7 Å². The number of imide groups is 1. The molecule has 1 aromatic carbocycles. The number of carbonyl (C=O) groups is 3. The average molecular weight is 311 g/mol. The van der Waals surface area contributed by atoms with E-state index < -0.39 is 5.97 Å². The highest BCUT2D eigenvalue weighted by Gasteiger charge is 2.57. The molecule has 2 bridgehead atoms. The molecule has 0 radical (unpaired) electrons. The summed E-state index contributed by atoms with van der Waals surface area (Å²) < 4.78 is 4.78. The Bertz CT molecular complexity index is 706. The van der Waals surface area contributed by atoms with Gasteiger partial charge in [0.1, 0.15) is 0 Å². The molecule has 118 valence electrons. The second-order valence-electron chi connectivity index (χ2n) is 6.36. The predicted octanol–water partition coefficient (Wildman–Crippen LogP) is 2.17.